The number of hydrogen-bond acceptors (Lipinski definition) is 1. The highest BCUT2D eigenvalue weighted by atomic mass is 16.3. The van der Waals surface area contributed by atoms with Gasteiger partial charge in [-0.25, -0.2) is 0 Å². The van der Waals surface area contributed by atoms with Gasteiger partial charge in [-0.05, 0) is 24.5 Å². The second-order valence-electron chi connectivity index (χ2n) is 2.85. The van der Waals surface area contributed by atoms with Crippen LogP contribution in [0.3, 0.4) is 0 Å². The summed E-state index contributed by atoms with van der Waals surface area (Å²) >= 11 is 0. The normalized spacial score (nSPS) is 15.3. The second-order valence-corrected chi connectivity index (χ2v) is 2.85. The van der Waals surface area contributed by atoms with Gasteiger partial charge in [-0.3, -0.25) is 5.11 Å². The number of aryl methyl sites for hydroxylation is 1. The fraction of sp³-hybridized carbons (Fsp3) is 0.333. The van der Waals surface area contributed by atoms with Gasteiger partial charge in [0.05, 0.1) is 0 Å². The second kappa shape index (κ2) is 2.46. The van der Waals surface area contributed by atoms with Crippen molar-refractivity contribution < 1.29 is 5.11 Å². The van der Waals surface area contributed by atoms with Gasteiger partial charge in [0.15, 0.2) is 5.75 Å². The number of benzene rings is 1. The first-order valence-corrected chi connectivity index (χ1v) is 3.90. The van der Waals surface area contributed by atoms with E-state index in [4.69, 9.17) is 0 Å². The molecule has 0 aromatic heterocycles. The van der Waals surface area contributed by atoms with Gasteiger partial charge in [-0.1, -0.05) is 6.07 Å². The highest BCUT2D eigenvalue weighted by molar-refractivity contribution is 5.56. The minimum Gasteiger partial charge on any atom is -0.385 e. The lowest BCUT2D eigenvalue weighted by molar-refractivity contribution is 0.355. The molecule has 2 rings (SSSR count). The van der Waals surface area contributed by atoms with E-state index in [0.29, 0.717) is 0 Å². The van der Waals surface area contributed by atoms with E-state index in [-0.39, 0.29) is 5.75 Å². The van der Waals surface area contributed by atoms with Crippen molar-refractivity contribution in [2.24, 2.45) is 0 Å². The van der Waals surface area contributed by atoms with Crippen LogP contribution in [0.4, 0.5) is 5.69 Å². The number of nitrogens with one attached hydrogen (secondary N) is 1. The van der Waals surface area contributed by atoms with Crippen LogP contribution in [0.25, 0.3) is 0 Å². The molecule has 1 N–H and O–H groups in total. The molecule has 0 fully saturated rings. The maximum absolute atomic E-state index is 10.9. The van der Waals surface area contributed by atoms with E-state index in [2.05, 4.69) is 5.32 Å². The average Bonchev–Trinajstić information content (AvgIpc) is 2.04. The maximum atomic E-state index is 10.9. The molecule has 1 heterocycles. The molecule has 2 nitrogen and oxygen atoms in total. The zero-order chi connectivity index (χ0) is 7.68. The molecule has 0 amide bonds. The Morgan fingerprint density at radius 1 is 1.36 bits per heavy atom. The SMILES string of the molecule is [O]c1ccc2c(c1)NCCC2. The lowest BCUT2D eigenvalue weighted by Crippen LogP contribution is -2.10. The summed E-state index contributed by atoms with van der Waals surface area (Å²) in [5, 5.41) is 14.1. The quantitative estimate of drug-likeness (QED) is 0.600. The molecule has 0 saturated heterocycles. The Balaban J connectivity index is 2.43. The molecule has 2 heteroatoms. The Kier molecular flexibility index (Phi) is 1.46. The van der Waals surface area contributed by atoms with Crippen LogP contribution >= 0.6 is 0 Å². The van der Waals surface area contributed by atoms with Crippen molar-refractivity contribution in [3.05, 3.63) is 23.8 Å². The Morgan fingerprint density at radius 2 is 2.27 bits per heavy atom. The Bertz CT molecular complexity index is 270. The van der Waals surface area contributed by atoms with E-state index in [0.717, 1.165) is 18.7 Å². The summed E-state index contributed by atoms with van der Waals surface area (Å²) < 4.78 is 0. The van der Waals surface area contributed by atoms with Crippen LogP contribution in [0.1, 0.15) is 12.0 Å². The maximum Gasteiger partial charge on any atom is 0.180 e. The molecule has 0 spiro atoms. The lowest BCUT2D eigenvalue weighted by Gasteiger charge is -2.16. The number of fused-ring (bicyclic) bond motifs is 1. The molecule has 0 bridgehead atoms. The van der Waals surface area contributed by atoms with E-state index in [9.17, 15) is 5.11 Å². The lowest BCUT2D eigenvalue weighted by atomic mass is 10.0. The van der Waals surface area contributed by atoms with Crippen LogP contribution in [0.15, 0.2) is 18.2 Å². The molecule has 0 aliphatic carbocycles. The van der Waals surface area contributed by atoms with E-state index in [1.807, 2.05) is 6.07 Å². The van der Waals surface area contributed by atoms with Gasteiger partial charge in [0, 0.05) is 18.3 Å². The van der Waals surface area contributed by atoms with Crippen molar-refractivity contribution >= 4 is 5.69 Å². The first-order chi connectivity index (χ1) is 5.36. The van der Waals surface area contributed by atoms with Crippen molar-refractivity contribution in [3.63, 3.8) is 0 Å². The summed E-state index contributed by atoms with van der Waals surface area (Å²) in [6.45, 7) is 0.996. The fourth-order valence-electron chi connectivity index (χ4n) is 1.44. The van der Waals surface area contributed by atoms with Crippen molar-refractivity contribution in [2.45, 2.75) is 12.8 Å². The first kappa shape index (κ1) is 6.53. The Hall–Kier alpha value is -1.18. The average molecular weight is 148 g/mol. The van der Waals surface area contributed by atoms with Gasteiger partial charge in [-0.15, -0.1) is 0 Å². The first-order valence-electron chi connectivity index (χ1n) is 3.90. The molecule has 1 aromatic carbocycles. The summed E-state index contributed by atoms with van der Waals surface area (Å²) in [4.78, 5) is 0. The van der Waals surface area contributed by atoms with Crippen LogP contribution < -0.4 is 5.32 Å². The van der Waals surface area contributed by atoms with Crippen LogP contribution in [0.2, 0.25) is 0 Å². The zero-order valence-electron chi connectivity index (χ0n) is 6.26. The third-order valence-electron chi connectivity index (χ3n) is 2.02. The summed E-state index contributed by atoms with van der Waals surface area (Å²) in [5.41, 5.74) is 2.31. The summed E-state index contributed by atoms with van der Waals surface area (Å²) in [6.07, 6.45) is 2.27. The van der Waals surface area contributed by atoms with Gasteiger partial charge in [0.25, 0.3) is 0 Å². The van der Waals surface area contributed by atoms with Crippen molar-refractivity contribution in [3.8, 4) is 5.75 Å². The van der Waals surface area contributed by atoms with Crippen LogP contribution in [-0.4, -0.2) is 6.54 Å². The smallest absolute Gasteiger partial charge is 0.180 e. The standard InChI is InChI=1S/C9H10NO/c11-8-4-3-7-2-1-5-10-9(7)6-8/h3-4,6,10H,1-2,5H2. The van der Waals surface area contributed by atoms with Gasteiger partial charge < -0.3 is 5.32 Å². The Labute approximate surface area is 65.9 Å². The highest BCUT2D eigenvalue weighted by Gasteiger charge is 2.08. The largest absolute Gasteiger partial charge is 0.385 e. The van der Waals surface area contributed by atoms with Crippen molar-refractivity contribution in [2.75, 3.05) is 11.9 Å². The van der Waals surface area contributed by atoms with E-state index in [1.54, 1.807) is 12.1 Å². The van der Waals surface area contributed by atoms with Gasteiger partial charge in [-0.2, -0.15) is 0 Å². The van der Waals surface area contributed by atoms with Crippen molar-refractivity contribution in [1.82, 2.24) is 0 Å². The molecule has 57 valence electrons. The fourth-order valence-corrected chi connectivity index (χ4v) is 1.44. The van der Waals surface area contributed by atoms with E-state index in [1.165, 1.54) is 12.0 Å². The summed E-state index contributed by atoms with van der Waals surface area (Å²) in [7, 11) is 0. The zero-order valence-corrected chi connectivity index (χ0v) is 6.26. The van der Waals surface area contributed by atoms with Crippen molar-refractivity contribution in [1.29, 1.82) is 0 Å². The third kappa shape index (κ3) is 1.16. The molecule has 1 aromatic rings. The van der Waals surface area contributed by atoms with E-state index >= 15 is 0 Å². The molecule has 0 saturated carbocycles. The molecule has 0 atom stereocenters. The monoisotopic (exact) mass is 148 g/mol. The molecule has 1 radical (unpaired) electrons. The molecule has 0 unspecified atom stereocenters. The molecular weight excluding hydrogens is 138 g/mol. The summed E-state index contributed by atoms with van der Waals surface area (Å²) in [6, 6.07) is 5.23. The van der Waals surface area contributed by atoms with Crippen LogP contribution in [0.5, 0.6) is 5.75 Å². The molecular formula is C9H10NO. The number of anilines is 1. The highest BCUT2D eigenvalue weighted by Crippen LogP contribution is 2.25. The molecule has 1 aliphatic heterocycles. The minimum atomic E-state index is 0.0955. The number of hydrogen-bond donors (Lipinski definition) is 1. The van der Waals surface area contributed by atoms with Crippen LogP contribution in [-0.2, 0) is 11.5 Å². The Morgan fingerprint density at radius 3 is 3.18 bits per heavy atom. The molecule has 11 heavy (non-hydrogen) atoms. The van der Waals surface area contributed by atoms with Gasteiger partial charge in [0.1, 0.15) is 0 Å². The number of rotatable bonds is 0. The van der Waals surface area contributed by atoms with Crippen LogP contribution in [0, 0.1) is 0 Å². The topological polar surface area (TPSA) is 31.9 Å². The van der Waals surface area contributed by atoms with Gasteiger partial charge >= 0.3 is 0 Å². The summed E-state index contributed by atoms with van der Waals surface area (Å²) in [5.74, 6) is 0.0955. The predicted molar refractivity (Wildman–Crippen MR) is 43.4 cm³/mol. The predicted octanol–water partition coefficient (Wildman–Crippen LogP) is 2.19. The third-order valence-corrected chi connectivity index (χ3v) is 2.02. The van der Waals surface area contributed by atoms with E-state index < -0.39 is 0 Å². The van der Waals surface area contributed by atoms with Gasteiger partial charge in [0.2, 0.25) is 0 Å². The molecule has 1 aliphatic rings. The minimum absolute atomic E-state index is 0.0955.